The first kappa shape index (κ1) is 23.7. The van der Waals surface area contributed by atoms with Crippen molar-refractivity contribution in [1.82, 2.24) is 10.3 Å². The molecule has 1 heterocycles. The zero-order chi connectivity index (χ0) is 22.0. The van der Waals surface area contributed by atoms with Crippen LogP contribution in [0.3, 0.4) is 0 Å². The minimum Gasteiger partial charge on any atom is -0.444 e. The van der Waals surface area contributed by atoms with Gasteiger partial charge in [0.15, 0.2) is 8.32 Å². The van der Waals surface area contributed by atoms with E-state index in [2.05, 4.69) is 44.2 Å². The molecule has 1 amide bonds. The van der Waals surface area contributed by atoms with E-state index in [4.69, 9.17) is 14.9 Å². The van der Waals surface area contributed by atoms with E-state index in [0.29, 0.717) is 5.69 Å². The predicted molar refractivity (Wildman–Crippen MR) is 120 cm³/mol. The van der Waals surface area contributed by atoms with Crippen molar-refractivity contribution < 1.29 is 14.0 Å². The molecule has 1 fully saturated rings. The van der Waals surface area contributed by atoms with Crippen LogP contribution in [0.1, 0.15) is 72.3 Å². The van der Waals surface area contributed by atoms with Crippen molar-refractivity contribution in [2.45, 2.75) is 103 Å². The normalized spacial score (nSPS) is 23.5. The van der Waals surface area contributed by atoms with Crippen LogP contribution in [0.25, 0.3) is 0 Å². The van der Waals surface area contributed by atoms with Crippen LogP contribution in [0.5, 0.6) is 0 Å². The first-order valence-corrected chi connectivity index (χ1v) is 13.5. The van der Waals surface area contributed by atoms with E-state index < -0.39 is 20.0 Å². The molecule has 29 heavy (non-hydrogen) atoms. The fourth-order valence-corrected chi connectivity index (χ4v) is 4.91. The first-order valence-electron chi connectivity index (χ1n) is 10.6. The van der Waals surface area contributed by atoms with E-state index in [1.54, 1.807) is 12.4 Å². The Kier molecular flexibility index (Phi) is 7.05. The van der Waals surface area contributed by atoms with E-state index in [9.17, 15) is 4.79 Å². The highest BCUT2D eigenvalue weighted by Gasteiger charge is 2.43. The maximum absolute atomic E-state index is 12.5. The molecule has 3 N–H and O–H groups in total. The lowest BCUT2D eigenvalue weighted by atomic mass is 9.79. The Morgan fingerprint density at radius 1 is 1.21 bits per heavy atom. The second-order valence-corrected chi connectivity index (χ2v) is 15.4. The Bertz CT molecular complexity index is 710. The second kappa shape index (κ2) is 8.64. The lowest BCUT2D eigenvalue weighted by Crippen LogP contribution is -2.54. The van der Waals surface area contributed by atoms with Crippen LogP contribution in [-0.4, -0.2) is 37.1 Å². The van der Waals surface area contributed by atoms with Crippen LogP contribution in [0.15, 0.2) is 18.5 Å². The van der Waals surface area contributed by atoms with Crippen LogP contribution < -0.4 is 11.1 Å². The number of anilines is 1. The zero-order valence-corrected chi connectivity index (χ0v) is 20.3. The fourth-order valence-electron chi connectivity index (χ4n) is 3.52. The first-order chi connectivity index (χ1) is 13.2. The van der Waals surface area contributed by atoms with Gasteiger partial charge in [-0.25, -0.2) is 4.79 Å². The van der Waals surface area contributed by atoms with Gasteiger partial charge in [-0.3, -0.25) is 4.98 Å². The number of hydrogen-bond donors (Lipinski definition) is 2. The van der Waals surface area contributed by atoms with Gasteiger partial charge in [-0.15, -0.1) is 0 Å². The molecule has 164 valence electrons. The van der Waals surface area contributed by atoms with E-state index >= 15 is 0 Å². The topological polar surface area (TPSA) is 86.5 Å². The van der Waals surface area contributed by atoms with Crippen LogP contribution in [0, 0.1) is 0 Å². The summed E-state index contributed by atoms with van der Waals surface area (Å²) in [4.78, 5) is 16.6. The van der Waals surface area contributed by atoms with E-state index in [-0.39, 0.29) is 23.1 Å². The number of carbonyl (C=O) groups excluding carboxylic acids is 1. The number of amides is 1. The number of alkyl carbamates (subject to hydrolysis) is 1. The summed E-state index contributed by atoms with van der Waals surface area (Å²) in [6, 6.07) is 1.87. The summed E-state index contributed by atoms with van der Waals surface area (Å²) in [5.74, 6) is 0.261. The van der Waals surface area contributed by atoms with E-state index in [0.717, 1.165) is 24.8 Å². The van der Waals surface area contributed by atoms with Gasteiger partial charge in [0.25, 0.3) is 0 Å². The van der Waals surface area contributed by atoms with Crippen molar-refractivity contribution in [2.24, 2.45) is 0 Å². The van der Waals surface area contributed by atoms with Gasteiger partial charge < -0.3 is 20.2 Å². The number of carbonyl (C=O) groups is 1. The largest absolute Gasteiger partial charge is 0.444 e. The maximum atomic E-state index is 12.5. The molecule has 0 bridgehead atoms. The maximum Gasteiger partial charge on any atom is 0.407 e. The molecule has 1 aromatic heterocycles. The Morgan fingerprint density at radius 2 is 1.86 bits per heavy atom. The van der Waals surface area contributed by atoms with Crippen molar-refractivity contribution >= 4 is 20.1 Å². The third kappa shape index (κ3) is 6.44. The molecular formula is C22H39N3O3Si. The monoisotopic (exact) mass is 421 g/mol. The van der Waals surface area contributed by atoms with Gasteiger partial charge in [0.2, 0.25) is 0 Å². The minimum absolute atomic E-state index is 0.0253. The highest BCUT2D eigenvalue weighted by molar-refractivity contribution is 6.74. The van der Waals surface area contributed by atoms with Gasteiger partial charge in [-0.2, -0.15) is 0 Å². The number of nitrogens with zero attached hydrogens (tertiary/aromatic N) is 1. The van der Waals surface area contributed by atoms with Gasteiger partial charge in [-0.05, 0) is 75.7 Å². The Balaban J connectivity index is 2.22. The number of hydrogen-bond acceptors (Lipinski definition) is 5. The number of nitrogens with two attached hydrogens (primary N) is 1. The lowest BCUT2D eigenvalue weighted by molar-refractivity contribution is 0.0367. The number of rotatable bonds is 4. The summed E-state index contributed by atoms with van der Waals surface area (Å²) in [7, 11) is -1.97. The van der Waals surface area contributed by atoms with Crippen LogP contribution in [-0.2, 0) is 9.16 Å². The Morgan fingerprint density at radius 3 is 2.41 bits per heavy atom. The predicted octanol–water partition coefficient (Wildman–Crippen LogP) is 5.22. The summed E-state index contributed by atoms with van der Waals surface area (Å²) in [6.45, 7) is 16.8. The Hall–Kier alpha value is -1.60. The molecule has 6 nitrogen and oxygen atoms in total. The molecular weight excluding hydrogens is 382 g/mol. The number of nitrogen functional groups attached to an aromatic ring is 1. The van der Waals surface area contributed by atoms with Crippen molar-refractivity contribution in [2.75, 3.05) is 5.73 Å². The average molecular weight is 422 g/mol. The molecule has 1 aromatic rings. The molecule has 1 unspecified atom stereocenters. The molecule has 1 aliphatic rings. The van der Waals surface area contributed by atoms with Crippen LogP contribution in [0.2, 0.25) is 18.1 Å². The van der Waals surface area contributed by atoms with Crippen molar-refractivity contribution in [3.8, 4) is 0 Å². The van der Waals surface area contributed by atoms with Gasteiger partial charge in [0.1, 0.15) is 5.60 Å². The standard InChI is InChI=1S/C22H39N3O3Si/c1-21(2,3)27-20(26)25-18-13-15(16-11-12-24-14-17(16)23)9-10-19(18)28-29(7,8)22(4,5)6/h11-12,14-15,18-19H,9-10,13,23H2,1-8H3,(H,25,26)/t15?,18-,19-/m0/s1. The molecule has 1 saturated carbocycles. The Labute approximate surface area is 177 Å². The summed E-state index contributed by atoms with van der Waals surface area (Å²) in [5.41, 5.74) is 7.44. The van der Waals surface area contributed by atoms with Crippen molar-refractivity contribution in [3.63, 3.8) is 0 Å². The average Bonchev–Trinajstić information content (AvgIpc) is 2.54. The molecule has 1 aliphatic carbocycles. The molecule has 0 saturated heterocycles. The molecule has 2 rings (SSSR count). The number of ether oxygens (including phenoxy) is 1. The van der Waals surface area contributed by atoms with E-state index in [1.807, 2.05) is 26.8 Å². The zero-order valence-electron chi connectivity index (χ0n) is 19.3. The molecule has 0 radical (unpaired) electrons. The third-order valence-electron chi connectivity index (χ3n) is 6.07. The number of nitrogens with one attached hydrogen (secondary N) is 1. The number of pyridine rings is 1. The highest BCUT2D eigenvalue weighted by Crippen LogP contribution is 2.42. The molecule has 3 atom stereocenters. The van der Waals surface area contributed by atoms with Crippen molar-refractivity contribution in [3.05, 3.63) is 24.0 Å². The number of aromatic nitrogens is 1. The highest BCUT2D eigenvalue weighted by atomic mass is 28.4. The molecule has 0 aromatic carbocycles. The molecule has 0 aliphatic heterocycles. The minimum atomic E-state index is -1.97. The summed E-state index contributed by atoms with van der Waals surface area (Å²) in [6.07, 6.45) is 5.67. The third-order valence-corrected chi connectivity index (χ3v) is 10.6. The van der Waals surface area contributed by atoms with Gasteiger partial charge >= 0.3 is 6.09 Å². The summed E-state index contributed by atoms with van der Waals surface area (Å²) >= 11 is 0. The van der Waals surface area contributed by atoms with Gasteiger partial charge in [0.05, 0.1) is 24.0 Å². The lowest BCUT2D eigenvalue weighted by Gasteiger charge is -2.44. The van der Waals surface area contributed by atoms with Crippen LogP contribution >= 0.6 is 0 Å². The van der Waals surface area contributed by atoms with Gasteiger partial charge in [0, 0.05) is 6.20 Å². The summed E-state index contributed by atoms with van der Waals surface area (Å²) in [5, 5.41) is 3.21. The van der Waals surface area contributed by atoms with E-state index in [1.165, 1.54) is 0 Å². The molecule has 0 spiro atoms. The molecule has 7 heteroatoms. The smallest absolute Gasteiger partial charge is 0.407 e. The fraction of sp³-hybridized carbons (Fsp3) is 0.727. The van der Waals surface area contributed by atoms with Gasteiger partial charge in [-0.1, -0.05) is 20.8 Å². The second-order valence-electron chi connectivity index (χ2n) is 10.7. The quantitative estimate of drug-likeness (QED) is 0.651. The van der Waals surface area contributed by atoms with Crippen LogP contribution in [0.4, 0.5) is 10.5 Å². The summed E-state index contributed by atoms with van der Waals surface area (Å²) < 4.78 is 12.2. The SMILES string of the molecule is CC(C)(C)OC(=O)N[C@H]1CC(c2ccncc2N)CC[C@@H]1O[Si](C)(C)C(C)(C)C. The van der Waals surface area contributed by atoms with Crippen molar-refractivity contribution in [1.29, 1.82) is 0 Å².